The lowest BCUT2D eigenvalue weighted by Crippen LogP contribution is -2.33. The van der Waals surface area contributed by atoms with Gasteiger partial charge >= 0.3 is 0 Å². The van der Waals surface area contributed by atoms with Crippen molar-refractivity contribution < 1.29 is 4.74 Å². The monoisotopic (exact) mass is 213 g/mol. The molecular formula is C11H23N3O. The summed E-state index contributed by atoms with van der Waals surface area (Å²) in [6.07, 6.45) is 3.56. The molecule has 15 heavy (non-hydrogen) atoms. The molecule has 1 rings (SSSR count). The molecule has 4 nitrogen and oxygen atoms in total. The van der Waals surface area contributed by atoms with Gasteiger partial charge in [-0.1, -0.05) is 13.8 Å². The van der Waals surface area contributed by atoms with Crippen LogP contribution in [0.25, 0.3) is 0 Å². The zero-order valence-corrected chi connectivity index (χ0v) is 9.83. The van der Waals surface area contributed by atoms with E-state index in [1.54, 1.807) is 0 Å². The molecule has 3 N–H and O–H groups in total. The summed E-state index contributed by atoms with van der Waals surface area (Å²) in [6.45, 7) is 6.53. The Balaban J connectivity index is 1.90. The van der Waals surface area contributed by atoms with Crippen molar-refractivity contribution in [2.24, 2.45) is 16.6 Å². The Labute approximate surface area is 92.3 Å². The van der Waals surface area contributed by atoms with E-state index >= 15 is 0 Å². The average Bonchev–Trinajstić information content (AvgIpc) is 2.94. The molecule has 0 unspecified atom stereocenters. The van der Waals surface area contributed by atoms with Gasteiger partial charge in [0.25, 0.3) is 0 Å². The average molecular weight is 213 g/mol. The molecule has 0 saturated heterocycles. The van der Waals surface area contributed by atoms with Crippen LogP contribution in [0, 0.1) is 5.92 Å². The molecule has 1 saturated carbocycles. The molecule has 0 aromatic rings. The zero-order chi connectivity index (χ0) is 11.1. The number of nitrogens with two attached hydrogens (primary N) is 1. The van der Waals surface area contributed by atoms with Crippen LogP contribution in [0.2, 0.25) is 0 Å². The van der Waals surface area contributed by atoms with Crippen molar-refractivity contribution in [3.63, 3.8) is 0 Å². The smallest absolute Gasteiger partial charge is 0.188 e. The maximum atomic E-state index is 5.66. The van der Waals surface area contributed by atoms with E-state index in [0.717, 1.165) is 13.0 Å². The van der Waals surface area contributed by atoms with Gasteiger partial charge in [-0.2, -0.15) is 0 Å². The molecule has 88 valence electrons. The Morgan fingerprint density at radius 1 is 1.47 bits per heavy atom. The van der Waals surface area contributed by atoms with Gasteiger partial charge < -0.3 is 15.8 Å². The number of nitrogens with zero attached hydrogens (tertiary/aromatic N) is 1. The minimum absolute atomic E-state index is 0.560. The van der Waals surface area contributed by atoms with Crippen molar-refractivity contribution in [2.75, 3.05) is 19.8 Å². The van der Waals surface area contributed by atoms with Crippen molar-refractivity contribution in [3.05, 3.63) is 0 Å². The van der Waals surface area contributed by atoms with Crippen LogP contribution >= 0.6 is 0 Å². The second-order valence-electron chi connectivity index (χ2n) is 4.48. The van der Waals surface area contributed by atoms with Crippen molar-refractivity contribution in [2.45, 2.75) is 39.2 Å². The van der Waals surface area contributed by atoms with E-state index in [0.29, 0.717) is 31.1 Å². The van der Waals surface area contributed by atoms with Crippen LogP contribution in [0.3, 0.4) is 0 Å². The van der Waals surface area contributed by atoms with Crippen molar-refractivity contribution in [3.8, 4) is 0 Å². The SMILES string of the molecule is CC(C)CCOCCN=C(N)NC1CC1. The lowest BCUT2D eigenvalue weighted by atomic mass is 10.1. The third kappa shape index (κ3) is 7.19. The minimum Gasteiger partial charge on any atom is -0.380 e. The summed E-state index contributed by atoms with van der Waals surface area (Å²) in [6, 6.07) is 0.579. The van der Waals surface area contributed by atoms with Crippen LogP contribution in [0.15, 0.2) is 4.99 Å². The highest BCUT2D eigenvalue weighted by atomic mass is 16.5. The van der Waals surface area contributed by atoms with Gasteiger partial charge in [0.15, 0.2) is 5.96 Å². The van der Waals surface area contributed by atoms with Gasteiger partial charge in [-0.05, 0) is 25.2 Å². The summed E-state index contributed by atoms with van der Waals surface area (Å²) in [5, 5.41) is 3.14. The molecule has 1 aliphatic rings. The Bertz CT molecular complexity index is 200. The van der Waals surface area contributed by atoms with Gasteiger partial charge in [0, 0.05) is 12.6 Å². The molecule has 0 aliphatic heterocycles. The van der Waals surface area contributed by atoms with Crippen LogP contribution in [0.4, 0.5) is 0 Å². The first kappa shape index (κ1) is 12.3. The predicted molar refractivity (Wildman–Crippen MR) is 62.9 cm³/mol. The fourth-order valence-corrected chi connectivity index (χ4v) is 1.13. The van der Waals surface area contributed by atoms with Crippen LogP contribution < -0.4 is 11.1 Å². The van der Waals surface area contributed by atoms with Crippen LogP contribution in [-0.2, 0) is 4.74 Å². The van der Waals surface area contributed by atoms with Gasteiger partial charge in [0.2, 0.25) is 0 Å². The van der Waals surface area contributed by atoms with E-state index < -0.39 is 0 Å². The summed E-state index contributed by atoms with van der Waals surface area (Å²) < 4.78 is 5.43. The molecule has 0 aromatic heterocycles. The molecule has 0 bridgehead atoms. The number of nitrogens with one attached hydrogen (secondary N) is 1. The number of hydrogen-bond donors (Lipinski definition) is 2. The molecule has 4 heteroatoms. The van der Waals surface area contributed by atoms with Crippen molar-refractivity contribution in [1.82, 2.24) is 5.32 Å². The third-order valence-corrected chi connectivity index (χ3v) is 2.29. The van der Waals surface area contributed by atoms with E-state index in [4.69, 9.17) is 10.5 Å². The highest BCUT2D eigenvalue weighted by Gasteiger charge is 2.21. The Kier molecular flexibility index (Phi) is 5.47. The topological polar surface area (TPSA) is 59.6 Å². The van der Waals surface area contributed by atoms with E-state index in [9.17, 15) is 0 Å². The van der Waals surface area contributed by atoms with E-state index in [2.05, 4.69) is 24.2 Å². The number of aliphatic imine (C=N–C) groups is 1. The maximum absolute atomic E-state index is 5.66. The molecular weight excluding hydrogens is 190 g/mol. The molecule has 0 heterocycles. The lowest BCUT2D eigenvalue weighted by Gasteiger charge is -2.05. The summed E-state index contributed by atoms with van der Waals surface area (Å²) >= 11 is 0. The molecule has 0 amide bonds. The molecule has 1 aliphatic carbocycles. The normalized spacial score (nSPS) is 17.1. The quantitative estimate of drug-likeness (QED) is 0.378. The number of guanidine groups is 1. The number of hydrogen-bond acceptors (Lipinski definition) is 2. The molecule has 0 aromatic carbocycles. The standard InChI is InChI=1S/C11H23N3O/c1-9(2)5-7-15-8-6-13-11(12)14-10-3-4-10/h9-10H,3-8H2,1-2H3,(H3,12,13,14). The lowest BCUT2D eigenvalue weighted by molar-refractivity contribution is 0.130. The number of ether oxygens (including phenoxy) is 1. The highest BCUT2D eigenvalue weighted by molar-refractivity contribution is 5.78. The summed E-state index contributed by atoms with van der Waals surface area (Å²) in [7, 11) is 0. The summed E-state index contributed by atoms with van der Waals surface area (Å²) in [4.78, 5) is 4.18. The zero-order valence-electron chi connectivity index (χ0n) is 9.83. The van der Waals surface area contributed by atoms with Crippen molar-refractivity contribution in [1.29, 1.82) is 0 Å². The van der Waals surface area contributed by atoms with Gasteiger partial charge in [0.1, 0.15) is 0 Å². The summed E-state index contributed by atoms with van der Waals surface area (Å²) in [5.74, 6) is 1.26. The first-order valence-electron chi connectivity index (χ1n) is 5.82. The van der Waals surface area contributed by atoms with Crippen LogP contribution in [0.1, 0.15) is 33.1 Å². The first-order chi connectivity index (χ1) is 7.18. The molecule has 1 fully saturated rings. The first-order valence-corrected chi connectivity index (χ1v) is 5.82. The minimum atomic E-state index is 0.560. The highest BCUT2D eigenvalue weighted by Crippen LogP contribution is 2.17. The summed E-state index contributed by atoms with van der Waals surface area (Å²) in [5.41, 5.74) is 5.66. The Hall–Kier alpha value is -0.770. The number of rotatable bonds is 7. The van der Waals surface area contributed by atoms with E-state index in [-0.39, 0.29) is 0 Å². The predicted octanol–water partition coefficient (Wildman–Crippen LogP) is 1.12. The molecule has 0 atom stereocenters. The van der Waals surface area contributed by atoms with Crippen molar-refractivity contribution >= 4 is 5.96 Å². The second-order valence-corrected chi connectivity index (χ2v) is 4.48. The van der Waals surface area contributed by atoms with Gasteiger partial charge in [-0.15, -0.1) is 0 Å². The van der Waals surface area contributed by atoms with Gasteiger partial charge in [-0.25, -0.2) is 0 Å². The van der Waals surface area contributed by atoms with Gasteiger partial charge in [0.05, 0.1) is 13.2 Å². The van der Waals surface area contributed by atoms with Crippen LogP contribution in [-0.4, -0.2) is 31.8 Å². The maximum Gasteiger partial charge on any atom is 0.188 e. The van der Waals surface area contributed by atoms with E-state index in [1.807, 2.05) is 0 Å². The molecule has 0 spiro atoms. The fourth-order valence-electron chi connectivity index (χ4n) is 1.13. The second kappa shape index (κ2) is 6.67. The fraction of sp³-hybridized carbons (Fsp3) is 0.909. The Morgan fingerprint density at radius 3 is 2.80 bits per heavy atom. The van der Waals surface area contributed by atoms with Crippen LogP contribution in [0.5, 0.6) is 0 Å². The largest absolute Gasteiger partial charge is 0.380 e. The Morgan fingerprint density at radius 2 is 2.20 bits per heavy atom. The van der Waals surface area contributed by atoms with E-state index in [1.165, 1.54) is 12.8 Å². The third-order valence-electron chi connectivity index (χ3n) is 2.29. The van der Waals surface area contributed by atoms with Gasteiger partial charge in [-0.3, -0.25) is 4.99 Å². The molecule has 0 radical (unpaired) electrons.